The molecule has 0 aromatic heterocycles. The normalized spacial score (nSPS) is 34.2. The Morgan fingerprint density at radius 1 is 1.06 bits per heavy atom. The van der Waals surface area contributed by atoms with Gasteiger partial charge in [0, 0.05) is 6.04 Å². The van der Waals surface area contributed by atoms with E-state index in [0.717, 1.165) is 17.8 Å². The van der Waals surface area contributed by atoms with Crippen LogP contribution in [0.15, 0.2) is 30.3 Å². The fourth-order valence-corrected chi connectivity index (χ4v) is 3.63. The summed E-state index contributed by atoms with van der Waals surface area (Å²) in [7, 11) is 0. The highest BCUT2D eigenvalue weighted by atomic mass is 15.2. The lowest BCUT2D eigenvalue weighted by atomic mass is 10.0. The number of hydrazine groups is 1. The van der Waals surface area contributed by atoms with Crippen molar-refractivity contribution >= 4 is 0 Å². The van der Waals surface area contributed by atoms with E-state index < -0.39 is 0 Å². The first-order valence-corrected chi connectivity index (χ1v) is 6.43. The Hall–Kier alpha value is -0.860. The van der Waals surface area contributed by atoms with Crippen LogP contribution in [0.25, 0.3) is 0 Å². The highest BCUT2D eigenvalue weighted by Gasteiger charge is 2.54. The summed E-state index contributed by atoms with van der Waals surface area (Å²) in [6, 6.07) is 11.0. The van der Waals surface area contributed by atoms with Crippen LogP contribution >= 0.6 is 0 Å². The molecule has 0 saturated heterocycles. The molecule has 0 amide bonds. The summed E-state index contributed by atoms with van der Waals surface area (Å²) in [5.74, 6) is 8.42. The molecule has 0 bridgehead atoms. The first-order valence-electron chi connectivity index (χ1n) is 6.43. The molecule has 3 atom stereocenters. The Labute approximate surface area is 97.2 Å². The van der Waals surface area contributed by atoms with Crippen molar-refractivity contribution in [3.8, 4) is 0 Å². The monoisotopic (exact) mass is 216 g/mol. The molecule has 86 valence electrons. The van der Waals surface area contributed by atoms with E-state index in [1.54, 1.807) is 0 Å². The van der Waals surface area contributed by atoms with Gasteiger partial charge in [-0.15, -0.1) is 0 Å². The van der Waals surface area contributed by atoms with E-state index >= 15 is 0 Å². The van der Waals surface area contributed by atoms with Gasteiger partial charge >= 0.3 is 0 Å². The van der Waals surface area contributed by atoms with E-state index in [9.17, 15) is 0 Å². The van der Waals surface area contributed by atoms with E-state index in [1.807, 2.05) is 0 Å². The lowest BCUT2D eigenvalue weighted by Crippen LogP contribution is -2.30. The maximum Gasteiger partial charge on any atom is 0.0493 e. The summed E-state index contributed by atoms with van der Waals surface area (Å²) >= 11 is 0. The zero-order chi connectivity index (χ0) is 11.0. The van der Waals surface area contributed by atoms with E-state index in [-0.39, 0.29) is 0 Å². The van der Waals surface area contributed by atoms with Gasteiger partial charge in [0.2, 0.25) is 0 Å². The van der Waals surface area contributed by atoms with Gasteiger partial charge in [-0.3, -0.25) is 11.3 Å². The molecule has 2 nitrogen and oxygen atoms in total. The van der Waals surface area contributed by atoms with E-state index in [4.69, 9.17) is 5.84 Å². The molecule has 0 aliphatic heterocycles. The third kappa shape index (κ3) is 1.66. The molecule has 3 rings (SSSR count). The second-order valence-corrected chi connectivity index (χ2v) is 5.24. The summed E-state index contributed by atoms with van der Waals surface area (Å²) in [4.78, 5) is 0. The van der Waals surface area contributed by atoms with Gasteiger partial charge in [-0.2, -0.15) is 0 Å². The molecule has 1 aromatic rings. The SMILES string of the molecule is NNC(c1ccccc1)C1C2CCCCC21. The largest absolute Gasteiger partial charge is 0.271 e. The third-order valence-corrected chi connectivity index (χ3v) is 4.45. The van der Waals surface area contributed by atoms with Crippen LogP contribution in [-0.2, 0) is 0 Å². The number of fused-ring (bicyclic) bond motifs is 1. The zero-order valence-electron chi connectivity index (χ0n) is 9.60. The quantitative estimate of drug-likeness (QED) is 0.602. The number of rotatable bonds is 3. The summed E-state index contributed by atoms with van der Waals surface area (Å²) in [6.45, 7) is 0. The smallest absolute Gasteiger partial charge is 0.0493 e. The zero-order valence-corrected chi connectivity index (χ0v) is 9.60. The van der Waals surface area contributed by atoms with Gasteiger partial charge in [-0.1, -0.05) is 43.2 Å². The van der Waals surface area contributed by atoms with Crippen LogP contribution in [0, 0.1) is 17.8 Å². The van der Waals surface area contributed by atoms with Gasteiger partial charge in [0.05, 0.1) is 0 Å². The highest BCUT2D eigenvalue weighted by molar-refractivity contribution is 5.23. The van der Waals surface area contributed by atoms with Crippen molar-refractivity contribution in [2.45, 2.75) is 31.7 Å². The molecule has 2 heteroatoms. The second-order valence-electron chi connectivity index (χ2n) is 5.24. The minimum atomic E-state index is 0.370. The summed E-state index contributed by atoms with van der Waals surface area (Å²) in [5.41, 5.74) is 4.39. The first-order chi connectivity index (χ1) is 7.92. The van der Waals surface area contributed by atoms with Crippen molar-refractivity contribution in [3.63, 3.8) is 0 Å². The maximum absolute atomic E-state index is 5.75. The third-order valence-electron chi connectivity index (χ3n) is 4.45. The average Bonchev–Trinajstić information content (AvgIpc) is 3.07. The number of hydrogen-bond donors (Lipinski definition) is 2. The van der Waals surface area contributed by atoms with Gasteiger partial charge in [0.1, 0.15) is 0 Å². The molecule has 0 spiro atoms. The minimum Gasteiger partial charge on any atom is -0.271 e. The van der Waals surface area contributed by atoms with Crippen molar-refractivity contribution in [2.24, 2.45) is 23.6 Å². The van der Waals surface area contributed by atoms with Crippen LogP contribution in [0.2, 0.25) is 0 Å². The number of nitrogens with two attached hydrogens (primary N) is 1. The molecule has 0 radical (unpaired) electrons. The molecular formula is C14H20N2. The fraction of sp³-hybridized carbons (Fsp3) is 0.571. The fourth-order valence-electron chi connectivity index (χ4n) is 3.63. The molecule has 0 heterocycles. The van der Waals surface area contributed by atoms with Crippen molar-refractivity contribution in [3.05, 3.63) is 35.9 Å². The molecule has 2 fully saturated rings. The highest BCUT2D eigenvalue weighted by Crippen LogP contribution is 2.60. The van der Waals surface area contributed by atoms with Crippen molar-refractivity contribution in [2.75, 3.05) is 0 Å². The van der Waals surface area contributed by atoms with Gasteiger partial charge < -0.3 is 0 Å². The van der Waals surface area contributed by atoms with Crippen molar-refractivity contribution < 1.29 is 0 Å². The van der Waals surface area contributed by atoms with Crippen LogP contribution in [0.4, 0.5) is 0 Å². The Kier molecular flexibility index (Phi) is 2.70. The average molecular weight is 216 g/mol. The number of nitrogens with one attached hydrogen (secondary N) is 1. The van der Waals surface area contributed by atoms with Crippen LogP contribution < -0.4 is 11.3 Å². The molecule has 2 saturated carbocycles. The maximum atomic E-state index is 5.75. The molecule has 16 heavy (non-hydrogen) atoms. The van der Waals surface area contributed by atoms with Crippen molar-refractivity contribution in [1.82, 2.24) is 5.43 Å². The molecular weight excluding hydrogens is 196 g/mol. The Bertz CT molecular complexity index is 337. The Morgan fingerprint density at radius 2 is 1.69 bits per heavy atom. The van der Waals surface area contributed by atoms with Crippen LogP contribution in [0.1, 0.15) is 37.3 Å². The lowest BCUT2D eigenvalue weighted by Gasteiger charge is -2.16. The molecule has 2 aliphatic carbocycles. The predicted molar refractivity (Wildman–Crippen MR) is 65.4 cm³/mol. The van der Waals surface area contributed by atoms with E-state index in [0.29, 0.717) is 6.04 Å². The van der Waals surface area contributed by atoms with Gasteiger partial charge in [-0.05, 0) is 36.2 Å². The van der Waals surface area contributed by atoms with Crippen LogP contribution in [-0.4, -0.2) is 0 Å². The summed E-state index contributed by atoms with van der Waals surface area (Å²) in [5, 5.41) is 0. The topological polar surface area (TPSA) is 38.0 Å². The Morgan fingerprint density at radius 3 is 2.25 bits per heavy atom. The number of hydrogen-bond acceptors (Lipinski definition) is 2. The molecule has 3 N–H and O–H groups in total. The first kappa shape index (κ1) is 10.3. The van der Waals surface area contributed by atoms with E-state index in [2.05, 4.69) is 35.8 Å². The van der Waals surface area contributed by atoms with E-state index in [1.165, 1.54) is 31.2 Å². The minimum absolute atomic E-state index is 0.370. The predicted octanol–water partition coefficient (Wildman–Crippen LogP) is 2.63. The summed E-state index contributed by atoms with van der Waals surface area (Å²) < 4.78 is 0. The second kappa shape index (κ2) is 4.19. The standard InChI is InChI=1S/C14H20N2/c15-16-14(10-6-2-1-3-7-10)13-11-8-4-5-9-12(11)13/h1-3,6-7,11-14,16H,4-5,8-9,15H2. The van der Waals surface area contributed by atoms with Gasteiger partial charge in [0.25, 0.3) is 0 Å². The van der Waals surface area contributed by atoms with Crippen molar-refractivity contribution in [1.29, 1.82) is 0 Å². The molecule has 3 unspecified atom stereocenters. The number of benzene rings is 1. The Balaban J connectivity index is 1.77. The molecule has 1 aromatic carbocycles. The molecule has 2 aliphatic rings. The van der Waals surface area contributed by atoms with Gasteiger partial charge in [0.15, 0.2) is 0 Å². The van der Waals surface area contributed by atoms with Gasteiger partial charge in [-0.25, -0.2) is 0 Å². The lowest BCUT2D eigenvalue weighted by molar-refractivity contribution is 0.456. The summed E-state index contributed by atoms with van der Waals surface area (Å²) in [6.07, 6.45) is 5.67. The van der Waals surface area contributed by atoms with Crippen LogP contribution in [0.5, 0.6) is 0 Å². The van der Waals surface area contributed by atoms with Crippen LogP contribution in [0.3, 0.4) is 0 Å².